The number of sulfonamides is 1. The zero-order valence-corrected chi connectivity index (χ0v) is 20.8. The molecule has 2 aromatic carbocycles. The van der Waals surface area contributed by atoms with Gasteiger partial charge in [-0.05, 0) is 67.6 Å². The fourth-order valence-electron chi connectivity index (χ4n) is 5.04. The second-order valence-corrected chi connectivity index (χ2v) is 11.4. The van der Waals surface area contributed by atoms with Gasteiger partial charge in [0.25, 0.3) is 0 Å². The highest BCUT2D eigenvalue weighted by Crippen LogP contribution is 2.40. The lowest BCUT2D eigenvalue weighted by Crippen LogP contribution is -2.58. The Morgan fingerprint density at radius 3 is 2.56 bits per heavy atom. The molecule has 34 heavy (non-hydrogen) atoms. The van der Waals surface area contributed by atoms with Crippen molar-refractivity contribution in [2.24, 2.45) is 5.92 Å². The summed E-state index contributed by atoms with van der Waals surface area (Å²) >= 11 is 6.00. The maximum Gasteiger partial charge on any atom is 0.241 e. The first-order valence-corrected chi connectivity index (χ1v) is 13.5. The lowest BCUT2D eigenvalue weighted by atomic mass is 9.71. The average Bonchev–Trinajstić information content (AvgIpc) is 2.84. The van der Waals surface area contributed by atoms with Gasteiger partial charge in [-0.3, -0.25) is 4.79 Å². The van der Waals surface area contributed by atoms with E-state index < -0.39 is 21.7 Å². The van der Waals surface area contributed by atoms with Crippen molar-refractivity contribution in [2.45, 2.75) is 55.1 Å². The third kappa shape index (κ3) is 5.57. The molecule has 0 unspecified atom stereocenters. The fraction of sp³-hybridized carbons (Fsp3) is 0.480. The fourth-order valence-corrected chi connectivity index (χ4v) is 6.35. The number of nitrogens with zero attached hydrogens (tertiary/aromatic N) is 1. The van der Waals surface area contributed by atoms with Crippen molar-refractivity contribution in [3.63, 3.8) is 0 Å². The van der Waals surface area contributed by atoms with Gasteiger partial charge in [0.2, 0.25) is 15.9 Å². The predicted molar refractivity (Wildman–Crippen MR) is 130 cm³/mol. The van der Waals surface area contributed by atoms with Crippen LogP contribution >= 0.6 is 11.6 Å². The van der Waals surface area contributed by atoms with Crippen LogP contribution in [-0.4, -0.2) is 56.2 Å². The predicted octanol–water partition coefficient (Wildman–Crippen LogP) is 3.39. The molecule has 1 heterocycles. The summed E-state index contributed by atoms with van der Waals surface area (Å²) in [6, 6.07) is 12.1. The van der Waals surface area contributed by atoms with Gasteiger partial charge in [-0.2, -0.15) is 4.72 Å². The standard InChI is InChI=1S/C25H31ClN2O5S/c1-33-21-9-11-22(12-10-21)34(31,32)27-23(16-18-5-7-20(26)8-6-18)24(29)28-15-14-25(30)13-3-2-4-19(25)17-28/h5-12,19,23,27,30H,2-4,13-17H2,1H3/t19-,23+,25-/m0/s1. The number of rotatable bonds is 7. The Morgan fingerprint density at radius 1 is 1.18 bits per heavy atom. The van der Waals surface area contributed by atoms with Crippen LogP contribution in [0.15, 0.2) is 53.4 Å². The lowest BCUT2D eigenvalue weighted by molar-refractivity contribution is -0.145. The molecule has 0 radical (unpaired) electrons. The second kappa shape index (κ2) is 10.2. The number of aliphatic hydroxyl groups is 1. The molecular weight excluding hydrogens is 476 g/mol. The third-order valence-electron chi connectivity index (χ3n) is 7.06. The summed E-state index contributed by atoms with van der Waals surface area (Å²) in [7, 11) is -2.45. The van der Waals surface area contributed by atoms with Crippen LogP contribution in [0.1, 0.15) is 37.7 Å². The Kier molecular flexibility index (Phi) is 7.52. The first-order valence-electron chi connectivity index (χ1n) is 11.6. The van der Waals surface area contributed by atoms with Crippen molar-refractivity contribution in [3.8, 4) is 5.75 Å². The van der Waals surface area contributed by atoms with Crippen LogP contribution in [0.3, 0.4) is 0 Å². The van der Waals surface area contributed by atoms with E-state index >= 15 is 0 Å². The highest BCUT2D eigenvalue weighted by Gasteiger charge is 2.44. The smallest absolute Gasteiger partial charge is 0.241 e. The first-order chi connectivity index (χ1) is 16.2. The van der Waals surface area contributed by atoms with Crippen LogP contribution < -0.4 is 9.46 Å². The molecule has 1 aliphatic heterocycles. The molecule has 0 bridgehead atoms. The summed E-state index contributed by atoms with van der Waals surface area (Å²) in [6.45, 7) is 0.851. The number of ether oxygens (including phenoxy) is 1. The number of methoxy groups -OCH3 is 1. The SMILES string of the molecule is COc1ccc(S(=O)(=O)N[C@H](Cc2ccc(Cl)cc2)C(=O)N2CC[C@@]3(O)CCCC[C@H]3C2)cc1. The van der Waals surface area contributed by atoms with E-state index in [1.807, 2.05) is 0 Å². The van der Waals surface area contributed by atoms with Crippen molar-refractivity contribution in [1.29, 1.82) is 0 Å². The van der Waals surface area contributed by atoms with Crippen LogP contribution in [0.5, 0.6) is 5.75 Å². The number of hydrogen-bond donors (Lipinski definition) is 2. The van der Waals surface area contributed by atoms with E-state index in [2.05, 4.69) is 4.72 Å². The summed E-state index contributed by atoms with van der Waals surface area (Å²) < 4.78 is 34.1. The average molecular weight is 507 g/mol. The Bertz CT molecular complexity index is 1110. The third-order valence-corrected chi connectivity index (χ3v) is 8.80. The molecular formula is C25H31ClN2O5S. The number of fused-ring (bicyclic) bond motifs is 1. The number of hydrogen-bond acceptors (Lipinski definition) is 5. The van der Waals surface area contributed by atoms with Gasteiger partial charge in [-0.25, -0.2) is 8.42 Å². The van der Waals surface area contributed by atoms with E-state index in [-0.39, 0.29) is 23.1 Å². The molecule has 0 spiro atoms. The van der Waals surface area contributed by atoms with Crippen LogP contribution in [0, 0.1) is 5.92 Å². The highest BCUT2D eigenvalue weighted by molar-refractivity contribution is 7.89. The quantitative estimate of drug-likeness (QED) is 0.600. The molecule has 0 aromatic heterocycles. The van der Waals surface area contributed by atoms with Gasteiger partial charge in [0, 0.05) is 24.0 Å². The van der Waals surface area contributed by atoms with Crippen molar-refractivity contribution >= 4 is 27.5 Å². The number of carbonyl (C=O) groups excluding carboxylic acids is 1. The molecule has 2 fully saturated rings. The van der Waals surface area contributed by atoms with Gasteiger partial charge < -0.3 is 14.7 Å². The molecule has 4 rings (SSSR count). The van der Waals surface area contributed by atoms with E-state index in [4.69, 9.17) is 16.3 Å². The first kappa shape index (κ1) is 25.0. The van der Waals surface area contributed by atoms with Crippen molar-refractivity contribution < 1.29 is 23.1 Å². The highest BCUT2D eigenvalue weighted by atomic mass is 35.5. The van der Waals surface area contributed by atoms with E-state index in [0.717, 1.165) is 31.2 Å². The van der Waals surface area contributed by atoms with Crippen LogP contribution in [0.25, 0.3) is 0 Å². The van der Waals surface area contributed by atoms with Gasteiger partial charge in [-0.1, -0.05) is 36.6 Å². The Morgan fingerprint density at radius 2 is 1.88 bits per heavy atom. The molecule has 2 N–H and O–H groups in total. The number of nitrogens with one attached hydrogen (secondary N) is 1. The van der Waals surface area contributed by atoms with E-state index in [1.54, 1.807) is 41.3 Å². The van der Waals surface area contributed by atoms with Gasteiger partial charge >= 0.3 is 0 Å². The maximum atomic E-state index is 13.6. The number of piperidine rings is 1. The monoisotopic (exact) mass is 506 g/mol. The van der Waals surface area contributed by atoms with Crippen LogP contribution in [0.4, 0.5) is 0 Å². The summed E-state index contributed by atoms with van der Waals surface area (Å²) in [4.78, 5) is 15.4. The Labute approximate surface area is 206 Å². The van der Waals surface area contributed by atoms with E-state index in [1.165, 1.54) is 19.2 Å². The zero-order valence-electron chi connectivity index (χ0n) is 19.2. The summed E-state index contributed by atoms with van der Waals surface area (Å²) in [5.41, 5.74) is 0.0786. The molecule has 2 aromatic rings. The van der Waals surface area contributed by atoms with Crippen molar-refractivity contribution in [3.05, 3.63) is 59.1 Å². The van der Waals surface area contributed by atoms with Crippen molar-refractivity contribution in [2.75, 3.05) is 20.2 Å². The second-order valence-electron chi connectivity index (χ2n) is 9.26. The minimum Gasteiger partial charge on any atom is -0.497 e. The molecule has 1 saturated heterocycles. The number of benzene rings is 2. The summed E-state index contributed by atoms with van der Waals surface area (Å²) in [5.74, 6) is 0.286. The van der Waals surface area contributed by atoms with Crippen LogP contribution in [0.2, 0.25) is 5.02 Å². The lowest BCUT2D eigenvalue weighted by Gasteiger charge is -2.48. The topological polar surface area (TPSA) is 95.9 Å². The summed E-state index contributed by atoms with van der Waals surface area (Å²) in [5, 5.41) is 11.6. The number of carbonyl (C=O) groups is 1. The largest absolute Gasteiger partial charge is 0.497 e. The Hall–Kier alpha value is -2.13. The Balaban J connectivity index is 1.57. The van der Waals surface area contributed by atoms with Gasteiger partial charge in [0.15, 0.2) is 0 Å². The number of likely N-dealkylation sites (tertiary alicyclic amines) is 1. The molecule has 184 valence electrons. The van der Waals surface area contributed by atoms with E-state index in [9.17, 15) is 18.3 Å². The van der Waals surface area contributed by atoms with Gasteiger partial charge in [0.1, 0.15) is 11.8 Å². The van der Waals surface area contributed by atoms with E-state index in [0.29, 0.717) is 30.3 Å². The maximum absolute atomic E-state index is 13.6. The van der Waals surface area contributed by atoms with Gasteiger partial charge in [0.05, 0.1) is 17.6 Å². The van der Waals surface area contributed by atoms with Gasteiger partial charge in [-0.15, -0.1) is 0 Å². The molecule has 1 aliphatic carbocycles. The minimum absolute atomic E-state index is 0.0216. The number of halogens is 1. The van der Waals surface area contributed by atoms with Crippen molar-refractivity contribution in [1.82, 2.24) is 9.62 Å². The van der Waals surface area contributed by atoms with Crippen LogP contribution in [-0.2, 0) is 21.2 Å². The zero-order chi connectivity index (χ0) is 24.3. The number of amides is 1. The minimum atomic E-state index is -3.96. The molecule has 7 nitrogen and oxygen atoms in total. The normalized spacial score (nSPS) is 23.7. The molecule has 9 heteroatoms. The summed E-state index contributed by atoms with van der Waals surface area (Å²) in [6.07, 6.45) is 4.38. The molecule has 2 aliphatic rings. The molecule has 1 amide bonds. The molecule has 1 saturated carbocycles. The molecule has 3 atom stereocenters.